The molecule has 1 aliphatic rings. The van der Waals surface area contributed by atoms with Gasteiger partial charge in [-0.25, -0.2) is 18.1 Å². The SMILES string of the molecule is CCCN(CCC)C(=O)C1=Cc2c(C)cc(-c3ccc4c(=O)n(CCS(C)(=O)=O)ncc4c3)cc2N=C(N)C1. The lowest BCUT2D eigenvalue weighted by Crippen LogP contribution is -2.34. The van der Waals surface area contributed by atoms with Crippen molar-refractivity contribution in [2.75, 3.05) is 25.1 Å². The number of nitrogens with two attached hydrogens (primary N) is 1. The first-order chi connectivity index (χ1) is 18.5. The third-order valence-electron chi connectivity index (χ3n) is 6.73. The molecule has 0 radical (unpaired) electrons. The minimum absolute atomic E-state index is 0.00241. The normalized spacial score (nSPS) is 13.4. The lowest BCUT2D eigenvalue weighted by molar-refractivity contribution is -0.127. The van der Waals surface area contributed by atoms with Crippen LogP contribution >= 0.6 is 0 Å². The Bertz CT molecular complexity index is 1650. The maximum absolute atomic E-state index is 13.3. The molecule has 2 N–H and O–H groups in total. The maximum atomic E-state index is 13.3. The van der Waals surface area contributed by atoms with Gasteiger partial charge in [-0.2, -0.15) is 5.10 Å². The third kappa shape index (κ3) is 6.44. The predicted molar refractivity (Wildman–Crippen MR) is 157 cm³/mol. The van der Waals surface area contributed by atoms with Gasteiger partial charge in [-0.3, -0.25) is 9.59 Å². The van der Waals surface area contributed by atoms with Crippen LogP contribution in [0.3, 0.4) is 0 Å². The minimum atomic E-state index is -3.22. The van der Waals surface area contributed by atoms with E-state index in [9.17, 15) is 18.0 Å². The van der Waals surface area contributed by atoms with Crippen molar-refractivity contribution in [3.05, 3.63) is 63.6 Å². The highest BCUT2D eigenvalue weighted by molar-refractivity contribution is 7.90. The summed E-state index contributed by atoms with van der Waals surface area (Å²) in [5.74, 6) is 0.228. The number of benzene rings is 2. The predicted octanol–water partition coefficient (Wildman–Crippen LogP) is 3.84. The lowest BCUT2D eigenvalue weighted by Gasteiger charge is -2.22. The standard InChI is InChI=1S/C29H35N5O4S/c1-5-9-33(10-6-2)28(35)22-15-25-19(3)13-21(16-26(25)32-27(30)17-22)20-7-8-24-23(14-20)18-31-34(29(24)36)11-12-39(4,37)38/h7-8,13-16,18H,5-6,9-12,17H2,1-4H3,(H2,30,32). The van der Waals surface area contributed by atoms with Crippen molar-refractivity contribution >= 4 is 44.1 Å². The number of rotatable bonds is 9. The highest BCUT2D eigenvalue weighted by Gasteiger charge is 2.22. The van der Waals surface area contributed by atoms with Crippen molar-refractivity contribution in [3.63, 3.8) is 0 Å². The van der Waals surface area contributed by atoms with E-state index in [0.29, 0.717) is 47.4 Å². The van der Waals surface area contributed by atoms with Crippen molar-refractivity contribution in [2.45, 2.75) is 46.6 Å². The molecular weight excluding hydrogens is 514 g/mol. The molecule has 0 unspecified atom stereocenters. The van der Waals surface area contributed by atoms with Gasteiger partial charge in [-0.1, -0.05) is 26.0 Å². The van der Waals surface area contributed by atoms with E-state index in [4.69, 9.17) is 5.73 Å². The van der Waals surface area contributed by atoms with Crippen LogP contribution in [0, 0.1) is 6.92 Å². The van der Waals surface area contributed by atoms with Crippen LogP contribution in [0.1, 0.15) is 44.2 Å². The quantitative estimate of drug-likeness (QED) is 0.432. The Labute approximate surface area is 229 Å². The summed E-state index contributed by atoms with van der Waals surface area (Å²) in [6.07, 6.45) is 6.69. The minimum Gasteiger partial charge on any atom is -0.387 e. The largest absolute Gasteiger partial charge is 0.387 e. The summed E-state index contributed by atoms with van der Waals surface area (Å²) in [6.45, 7) is 7.51. The number of hydrogen-bond donors (Lipinski definition) is 1. The topological polar surface area (TPSA) is 128 Å². The van der Waals surface area contributed by atoms with Crippen LogP contribution in [0.15, 0.2) is 51.9 Å². The van der Waals surface area contributed by atoms with E-state index in [1.54, 1.807) is 12.3 Å². The molecule has 0 bridgehead atoms. The number of fused-ring (bicyclic) bond motifs is 2. The van der Waals surface area contributed by atoms with Crippen LogP contribution < -0.4 is 11.3 Å². The fourth-order valence-electron chi connectivity index (χ4n) is 4.82. The Kier molecular flexibility index (Phi) is 8.34. The van der Waals surface area contributed by atoms with Gasteiger partial charge in [0.05, 0.1) is 29.6 Å². The first-order valence-corrected chi connectivity index (χ1v) is 15.2. The van der Waals surface area contributed by atoms with E-state index in [0.717, 1.165) is 41.4 Å². The molecule has 0 aliphatic carbocycles. The van der Waals surface area contributed by atoms with Gasteiger partial charge >= 0.3 is 0 Å². The monoisotopic (exact) mass is 549 g/mol. The molecule has 0 saturated carbocycles. The van der Waals surface area contributed by atoms with Gasteiger partial charge in [0.15, 0.2) is 0 Å². The highest BCUT2D eigenvalue weighted by atomic mass is 32.2. The second-order valence-corrected chi connectivity index (χ2v) is 12.3. The molecule has 2 aromatic carbocycles. The van der Waals surface area contributed by atoms with Gasteiger partial charge in [0, 0.05) is 42.3 Å². The molecule has 2 heterocycles. The molecule has 206 valence electrons. The Morgan fingerprint density at radius 1 is 1.10 bits per heavy atom. The average Bonchev–Trinajstić information content (AvgIpc) is 3.05. The van der Waals surface area contributed by atoms with Crippen LogP contribution in [0.4, 0.5) is 5.69 Å². The zero-order valence-electron chi connectivity index (χ0n) is 22.9. The number of aliphatic imine (C=N–C) groups is 1. The van der Waals surface area contributed by atoms with Crippen molar-refractivity contribution < 1.29 is 13.2 Å². The lowest BCUT2D eigenvalue weighted by atomic mass is 9.95. The second kappa shape index (κ2) is 11.5. The van der Waals surface area contributed by atoms with Crippen LogP contribution in [0.2, 0.25) is 0 Å². The zero-order valence-corrected chi connectivity index (χ0v) is 23.7. The Balaban J connectivity index is 1.71. The molecular formula is C29H35N5O4S. The maximum Gasteiger partial charge on any atom is 0.274 e. The zero-order chi connectivity index (χ0) is 28.3. The van der Waals surface area contributed by atoms with Gasteiger partial charge in [-0.15, -0.1) is 0 Å². The molecule has 4 rings (SSSR count). The summed E-state index contributed by atoms with van der Waals surface area (Å²) in [7, 11) is -3.22. The fraction of sp³-hybridized carbons (Fsp3) is 0.379. The van der Waals surface area contributed by atoms with Crippen molar-refractivity contribution in [2.24, 2.45) is 10.7 Å². The number of amidine groups is 1. The summed E-state index contributed by atoms with van der Waals surface area (Å²) < 4.78 is 24.2. The number of amides is 1. The molecule has 0 fully saturated rings. The van der Waals surface area contributed by atoms with Crippen molar-refractivity contribution in [1.29, 1.82) is 0 Å². The number of carbonyl (C=O) groups is 1. The molecule has 0 saturated heterocycles. The first-order valence-electron chi connectivity index (χ1n) is 13.2. The molecule has 9 nitrogen and oxygen atoms in total. The van der Waals surface area contributed by atoms with Crippen LogP contribution in [-0.2, 0) is 21.2 Å². The van der Waals surface area contributed by atoms with E-state index in [1.807, 2.05) is 42.2 Å². The first kappa shape index (κ1) is 28.2. The third-order valence-corrected chi connectivity index (χ3v) is 7.65. The summed E-state index contributed by atoms with van der Waals surface area (Å²) in [5.41, 5.74) is 10.9. The highest BCUT2D eigenvalue weighted by Crippen LogP contribution is 2.35. The summed E-state index contributed by atoms with van der Waals surface area (Å²) in [4.78, 5) is 32.7. The average molecular weight is 550 g/mol. The molecule has 1 amide bonds. The number of carbonyl (C=O) groups excluding carboxylic acids is 1. The van der Waals surface area contributed by atoms with Gasteiger partial charge < -0.3 is 10.6 Å². The van der Waals surface area contributed by atoms with Crippen molar-refractivity contribution in [3.8, 4) is 11.1 Å². The van der Waals surface area contributed by atoms with Gasteiger partial charge in [0.25, 0.3) is 5.56 Å². The number of aromatic nitrogens is 2. The summed E-state index contributed by atoms with van der Waals surface area (Å²) in [5, 5.41) is 5.30. The van der Waals surface area contributed by atoms with Crippen LogP contribution in [-0.4, -0.2) is 59.9 Å². The second-order valence-electron chi connectivity index (χ2n) is 10.1. The van der Waals surface area contributed by atoms with E-state index >= 15 is 0 Å². The number of sulfone groups is 1. The van der Waals surface area contributed by atoms with E-state index in [-0.39, 0.29) is 23.8 Å². The van der Waals surface area contributed by atoms with E-state index < -0.39 is 9.84 Å². The molecule has 10 heteroatoms. The van der Waals surface area contributed by atoms with Gasteiger partial charge in [0.2, 0.25) is 5.91 Å². The number of hydrogen-bond acceptors (Lipinski definition) is 7. The molecule has 1 aromatic heterocycles. The Morgan fingerprint density at radius 2 is 1.82 bits per heavy atom. The smallest absolute Gasteiger partial charge is 0.274 e. The summed E-state index contributed by atoms with van der Waals surface area (Å²) >= 11 is 0. The van der Waals surface area contributed by atoms with Gasteiger partial charge in [0.1, 0.15) is 15.7 Å². The Morgan fingerprint density at radius 3 is 2.49 bits per heavy atom. The van der Waals surface area contributed by atoms with E-state index in [2.05, 4.69) is 23.9 Å². The van der Waals surface area contributed by atoms with Gasteiger partial charge in [-0.05, 0) is 60.7 Å². The fourth-order valence-corrected chi connectivity index (χ4v) is 5.32. The van der Waals surface area contributed by atoms with E-state index in [1.165, 1.54) is 4.68 Å². The molecule has 39 heavy (non-hydrogen) atoms. The van der Waals surface area contributed by atoms with Crippen molar-refractivity contribution in [1.82, 2.24) is 14.7 Å². The van der Waals surface area contributed by atoms with Crippen LogP contribution in [0.5, 0.6) is 0 Å². The molecule has 3 aromatic rings. The number of aryl methyl sites for hydroxylation is 2. The molecule has 1 aliphatic heterocycles. The molecule has 0 spiro atoms. The Hall–Kier alpha value is -3.79. The number of nitrogens with zero attached hydrogens (tertiary/aromatic N) is 4. The summed E-state index contributed by atoms with van der Waals surface area (Å²) in [6, 6.07) is 9.45. The molecule has 0 atom stereocenters. The van der Waals surface area contributed by atoms with Crippen LogP contribution in [0.25, 0.3) is 28.0 Å².